The van der Waals surface area contributed by atoms with Gasteiger partial charge in [0, 0.05) is 0 Å². The van der Waals surface area contributed by atoms with E-state index in [2.05, 4.69) is 0 Å². The van der Waals surface area contributed by atoms with Crippen molar-refractivity contribution in [1.29, 1.82) is 0 Å². The van der Waals surface area contributed by atoms with Gasteiger partial charge < -0.3 is 10.5 Å². The molecule has 0 bridgehead atoms. The summed E-state index contributed by atoms with van der Waals surface area (Å²) in [5.74, 6) is 0.873. The molecule has 1 atom stereocenters. The molecule has 0 aromatic heterocycles. The second-order valence-corrected chi connectivity index (χ2v) is 1.91. The lowest BCUT2D eigenvalue weighted by molar-refractivity contribution is 0.262. The first-order chi connectivity index (χ1) is 4.26. The highest BCUT2D eigenvalue weighted by Crippen LogP contribution is 2.02. The monoisotopic (exact) mass is 129 g/mol. The van der Waals surface area contributed by atoms with Gasteiger partial charge in [0.05, 0.1) is 13.2 Å². The fourth-order valence-electron chi connectivity index (χ4n) is 0.684. The third-order valence-corrected chi connectivity index (χ3v) is 1.33. The lowest BCUT2D eigenvalue weighted by atomic mass is 10.2. The minimum Gasteiger partial charge on any atom is -0.500 e. The van der Waals surface area contributed by atoms with E-state index in [1.165, 1.54) is 0 Å². The van der Waals surface area contributed by atoms with Crippen molar-refractivity contribution in [3.63, 3.8) is 0 Å². The first-order valence-electron chi connectivity index (χ1n) is 3.22. The fourth-order valence-corrected chi connectivity index (χ4v) is 0.684. The molecular formula is C7H15NO. The Morgan fingerprint density at radius 2 is 2.33 bits per heavy atom. The van der Waals surface area contributed by atoms with Crippen LogP contribution < -0.4 is 5.73 Å². The van der Waals surface area contributed by atoms with Crippen molar-refractivity contribution in [3.05, 3.63) is 11.8 Å². The standard InChI is InChI=1S/C7H15NO/c1-4-6(8)7(5-2)9-3/h5-6H,4,8H2,1-3H3/t6-/m1/s1. The van der Waals surface area contributed by atoms with E-state index in [0.29, 0.717) is 0 Å². The van der Waals surface area contributed by atoms with Crippen LogP contribution in [0.5, 0.6) is 0 Å². The molecule has 0 amide bonds. The summed E-state index contributed by atoms with van der Waals surface area (Å²) in [5, 5.41) is 0. The molecule has 0 spiro atoms. The minimum atomic E-state index is 0.0694. The number of hydrogen-bond donors (Lipinski definition) is 1. The second-order valence-electron chi connectivity index (χ2n) is 1.91. The van der Waals surface area contributed by atoms with Gasteiger partial charge in [-0.05, 0) is 19.4 Å². The third-order valence-electron chi connectivity index (χ3n) is 1.33. The average Bonchev–Trinajstić information content (AvgIpc) is 1.90. The predicted molar refractivity (Wildman–Crippen MR) is 39.0 cm³/mol. The zero-order valence-electron chi connectivity index (χ0n) is 6.35. The van der Waals surface area contributed by atoms with E-state index in [4.69, 9.17) is 10.5 Å². The predicted octanol–water partition coefficient (Wildman–Crippen LogP) is 1.27. The summed E-state index contributed by atoms with van der Waals surface area (Å²) in [6.07, 6.45) is 2.82. The molecule has 2 heteroatoms. The summed E-state index contributed by atoms with van der Waals surface area (Å²) in [6.45, 7) is 3.96. The molecule has 0 radical (unpaired) electrons. The highest BCUT2D eigenvalue weighted by atomic mass is 16.5. The molecule has 54 valence electrons. The zero-order valence-corrected chi connectivity index (χ0v) is 6.35. The maximum Gasteiger partial charge on any atom is 0.108 e. The molecule has 2 nitrogen and oxygen atoms in total. The van der Waals surface area contributed by atoms with Crippen LogP contribution in [0.4, 0.5) is 0 Å². The number of methoxy groups -OCH3 is 1. The van der Waals surface area contributed by atoms with Crippen LogP contribution in [-0.4, -0.2) is 13.2 Å². The lowest BCUT2D eigenvalue weighted by Crippen LogP contribution is -2.22. The molecule has 2 N–H and O–H groups in total. The molecule has 0 unspecified atom stereocenters. The van der Waals surface area contributed by atoms with Gasteiger partial charge in [-0.25, -0.2) is 0 Å². The van der Waals surface area contributed by atoms with Crippen LogP contribution in [-0.2, 0) is 4.74 Å². The average molecular weight is 129 g/mol. The molecule has 0 aliphatic carbocycles. The molecule has 9 heavy (non-hydrogen) atoms. The molecule has 0 saturated carbocycles. The molecule has 0 heterocycles. The van der Waals surface area contributed by atoms with Gasteiger partial charge in [-0.2, -0.15) is 0 Å². The minimum absolute atomic E-state index is 0.0694. The van der Waals surface area contributed by atoms with Gasteiger partial charge in [0.1, 0.15) is 5.76 Å². The smallest absolute Gasteiger partial charge is 0.108 e. The largest absolute Gasteiger partial charge is 0.500 e. The van der Waals surface area contributed by atoms with E-state index in [0.717, 1.165) is 12.2 Å². The third kappa shape index (κ3) is 2.51. The SMILES string of the molecule is CC=C(OC)[C@H](N)CC. The van der Waals surface area contributed by atoms with Crippen molar-refractivity contribution in [2.45, 2.75) is 26.3 Å². The summed E-state index contributed by atoms with van der Waals surface area (Å²) >= 11 is 0. The summed E-state index contributed by atoms with van der Waals surface area (Å²) < 4.78 is 4.99. The number of hydrogen-bond acceptors (Lipinski definition) is 2. The van der Waals surface area contributed by atoms with Crippen LogP contribution in [0.3, 0.4) is 0 Å². The second kappa shape index (κ2) is 4.39. The van der Waals surface area contributed by atoms with Crippen LogP contribution >= 0.6 is 0 Å². The first kappa shape index (κ1) is 8.50. The summed E-state index contributed by atoms with van der Waals surface area (Å²) in [5.41, 5.74) is 5.64. The Hall–Kier alpha value is -0.500. The van der Waals surface area contributed by atoms with E-state index in [1.54, 1.807) is 7.11 Å². The van der Waals surface area contributed by atoms with Gasteiger partial charge >= 0.3 is 0 Å². The Kier molecular flexibility index (Phi) is 4.14. The molecule has 0 rings (SSSR count). The van der Waals surface area contributed by atoms with Crippen molar-refractivity contribution in [1.82, 2.24) is 0 Å². The quantitative estimate of drug-likeness (QED) is 0.582. The maximum absolute atomic E-state index is 5.64. The van der Waals surface area contributed by atoms with Crippen LogP contribution in [0.2, 0.25) is 0 Å². The molecule has 0 aliphatic heterocycles. The van der Waals surface area contributed by atoms with E-state index in [9.17, 15) is 0 Å². The summed E-state index contributed by atoms with van der Waals surface area (Å²) in [4.78, 5) is 0. The zero-order chi connectivity index (χ0) is 7.28. The molecular weight excluding hydrogens is 114 g/mol. The Morgan fingerprint density at radius 3 is 2.44 bits per heavy atom. The van der Waals surface area contributed by atoms with Gasteiger partial charge in [0.15, 0.2) is 0 Å². The molecule has 0 aromatic carbocycles. The fraction of sp³-hybridized carbons (Fsp3) is 0.714. The van der Waals surface area contributed by atoms with Gasteiger partial charge in [-0.1, -0.05) is 6.92 Å². The molecule has 0 aromatic rings. The Morgan fingerprint density at radius 1 is 1.78 bits per heavy atom. The lowest BCUT2D eigenvalue weighted by Gasteiger charge is -2.10. The van der Waals surface area contributed by atoms with Gasteiger partial charge in [-0.3, -0.25) is 0 Å². The van der Waals surface area contributed by atoms with E-state index >= 15 is 0 Å². The van der Waals surface area contributed by atoms with E-state index < -0.39 is 0 Å². The molecule has 0 aliphatic rings. The van der Waals surface area contributed by atoms with E-state index in [1.807, 2.05) is 19.9 Å². The maximum atomic E-state index is 5.64. The number of rotatable bonds is 3. The van der Waals surface area contributed by atoms with Crippen molar-refractivity contribution in [3.8, 4) is 0 Å². The van der Waals surface area contributed by atoms with Crippen LogP contribution in [0, 0.1) is 0 Å². The van der Waals surface area contributed by atoms with Crippen LogP contribution in [0.25, 0.3) is 0 Å². The van der Waals surface area contributed by atoms with Gasteiger partial charge in [-0.15, -0.1) is 0 Å². The van der Waals surface area contributed by atoms with Crippen molar-refractivity contribution >= 4 is 0 Å². The van der Waals surface area contributed by atoms with Crippen molar-refractivity contribution < 1.29 is 4.74 Å². The molecule has 0 fully saturated rings. The topological polar surface area (TPSA) is 35.2 Å². The summed E-state index contributed by atoms with van der Waals surface area (Å²) in [6, 6.07) is 0.0694. The number of allylic oxidation sites excluding steroid dienone is 1. The Labute approximate surface area is 56.7 Å². The van der Waals surface area contributed by atoms with Crippen LogP contribution in [0.15, 0.2) is 11.8 Å². The van der Waals surface area contributed by atoms with Crippen molar-refractivity contribution in [2.75, 3.05) is 7.11 Å². The van der Waals surface area contributed by atoms with E-state index in [-0.39, 0.29) is 6.04 Å². The summed E-state index contributed by atoms with van der Waals surface area (Å²) in [7, 11) is 1.64. The normalized spacial score (nSPS) is 15.3. The number of ether oxygens (including phenoxy) is 1. The van der Waals surface area contributed by atoms with Gasteiger partial charge in [0.25, 0.3) is 0 Å². The Balaban J connectivity index is 3.80. The highest BCUT2D eigenvalue weighted by Gasteiger charge is 2.03. The number of nitrogens with two attached hydrogens (primary N) is 1. The molecule has 0 saturated heterocycles. The first-order valence-corrected chi connectivity index (χ1v) is 3.22. The van der Waals surface area contributed by atoms with Crippen molar-refractivity contribution in [2.24, 2.45) is 5.73 Å². The van der Waals surface area contributed by atoms with Gasteiger partial charge in [0.2, 0.25) is 0 Å². The Bertz CT molecular complexity index is 99.1. The van der Waals surface area contributed by atoms with Crippen LogP contribution in [0.1, 0.15) is 20.3 Å². The highest BCUT2D eigenvalue weighted by molar-refractivity contribution is 4.99.